The van der Waals surface area contributed by atoms with Gasteiger partial charge in [-0.2, -0.15) is 0 Å². The highest BCUT2D eigenvalue weighted by Gasteiger charge is 2.56. The van der Waals surface area contributed by atoms with Crippen LogP contribution in [-0.4, -0.2) is 18.8 Å². The van der Waals surface area contributed by atoms with Gasteiger partial charge in [0, 0.05) is 27.0 Å². The molecule has 1 spiro atoms. The molecule has 0 amide bonds. The Labute approximate surface area is 144 Å². The van der Waals surface area contributed by atoms with Crippen molar-refractivity contribution in [2.45, 2.75) is 58.1 Å². The van der Waals surface area contributed by atoms with E-state index < -0.39 is 0 Å². The molecule has 4 heteroatoms. The Kier molecular flexibility index (Phi) is 4.68. The van der Waals surface area contributed by atoms with Crippen LogP contribution in [0.4, 0.5) is 5.69 Å². The van der Waals surface area contributed by atoms with Crippen molar-refractivity contribution in [2.24, 2.45) is 5.41 Å². The van der Waals surface area contributed by atoms with Crippen molar-refractivity contribution in [3.05, 3.63) is 26.6 Å². The molecule has 21 heavy (non-hydrogen) atoms. The number of rotatable bonds is 4. The minimum absolute atomic E-state index is 0.361. The van der Waals surface area contributed by atoms with Crippen LogP contribution in [0, 0.1) is 12.3 Å². The lowest BCUT2D eigenvalue weighted by atomic mass is 9.60. The molecule has 2 atom stereocenters. The number of anilines is 1. The molecule has 2 aliphatic rings. The monoisotopic (exact) mass is 415 g/mol. The number of halogens is 2. The van der Waals surface area contributed by atoms with E-state index in [-0.39, 0.29) is 0 Å². The lowest BCUT2D eigenvalue weighted by Crippen LogP contribution is -2.60. The summed E-state index contributed by atoms with van der Waals surface area (Å²) >= 11 is 7.40. The number of benzene rings is 1. The minimum atomic E-state index is 0.361. The van der Waals surface area contributed by atoms with E-state index in [0.29, 0.717) is 17.6 Å². The van der Waals surface area contributed by atoms with Crippen LogP contribution in [0.3, 0.4) is 0 Å². The third-order valence-corrected chi connectivity index (χ3v) is 6.44. The fourth-order valence-corrected chi connectivity index (χ4v) is 5.75. The molecule has 2 aliphatic carbocycles. The second kappa shape index (κ2) is 6.21. The first-order chi connectivity index (χ1) is 10.1. The summed E-state index contributed by atoms with van der Waals surface area (Å²) in [5.74, 6) is 0. The van der Waals surface area contributed by atoms with E-state index in [1.54, 1.807) is 0 Å². The summed E-state index contributed by atoms with van der Waals surface area (Å²) in [5, 5.41) is 3.79. The molecule has 0 radical (unpaired) electrons. The molecule has 1 aromatic rings. The normalized spacial score (nSPS) is 26.9. The van der Waals surface area contributed by atoms with E-state index in [4.69, 9.17) is 4.74 Å². The minimum Gasteiger partial charge on any atom is -0.380 e. The summed E-state index contributed by atoms with van der Waals surface area (Å²) < 4.78 is 8.28. The average molecular weight is 417 g/mol. The predicted molar refractivity (Wildman–Crippen MR) is 94.9 cm³/mol. The van der Waals surface area contributed by atoms with Crippen molar-refractivity contribution in [2.75, 3.05) is 11.9 Å². The number of hydrogen-bond donors (Lipinski definition) is 1. The van der Waals surface area contributed by atoms with Crippen LogP contribution in [0.15, 0.2) is 21.1 Å². The molecule has 116 valence electrons. The van der Waals surface area contributed by atoms with Gasteiger partial charge in [-0.15, -0.1) is 0 Å². The van der Waals surface area contributed by atoms with Crippen LogP contribution in [0.25, 0.3) is 0 Å². The Balaban J connectivity index is 1.80. The summed E-state index contributed by atoms with van der Waals surface area (Å²) in [6.45, 7) is 5.06. The van der Waals surface area contributed by atoms with Gasteiger partial charge in [-0.05, 0) is 82.7 Å². The van der Waals surface area contributed by atoms with Gasteiger partial charge < -0.3 is 10.1 Å². The number of aryl methyl sites for hydroxylation is 1. The van der Waals surface area contributed by atoms with E-state index in [2.05, 4.69) is 63.2 Å². The highest BCUT2D eigenvalue weighted by molar-refractivity contribution is 9.11. The Morgan fingerprint density at radius 1 is 1.24 bits per heavy atom. The van der Waals surface area contributed by atoms with E-state index in [1.807, 2.05) is 0 Å². The van der Waals surface area contributed by atoms with Gasteiger partial charge in [-0.1, -0.05) is 12.8 Å². The summed E-state index contributed by atoms with van der Waals surface area (Å²) in [6, 6.07) is 4.88. The Morgan fingerprint density at radius 3 is 2.43 bits per heavy atom. The fraction of sp³-hybridized carbons (Fsp3) is 0.647. The molecule has 0 saturated heterocycles. The molecular weight excluding hydrogens is 394 g/mol. The van der Waals surface area contributed by atoms with E-state index in [9.17, 15) is 0 Å². The zero-order valence-corrected chi connectivity index (χ0v) is 15.9. The van der Waals surface area contributed by atoms with Gasteiger partial charge >= 0.3 is 0 Å². The van der Waals surface area contributed by atoms with Gasteiger partial charge in [0.15, 0.2) is 0 Å². The lowest BCUT2D eigenvalue weighted by molar-refractivity contribution is -0.114. The zero-order chi connectivity index (χ0) is 15.0. The first-order valence-corrected chi connectivity index (χ1v) is 9.49. The maximum Gasteiger partial charge on any atom is 0.0670 e. The van der Waals surface area contributed by atoms with Crippen LogP contribution in [0.2, 0.25) is 0 Å². The van der Waals surface area contributed by atoms with Crippen LogP contribution < -0.4 is 5.32 Å². The summed E-state index contributed by atoms with van der Waals surface area (Å²) in [7, 11) is 0. The second-order valence-corrected chi connectivity index (χ2v) is 8.13. The van der Waals surface area contributed by atoms with Crippen molar-refractivity contribution in [1.29, 1.82) is 0 Å². The largest absolute Gasteiger partial charge is 0.380 e. The van der Waals surface area contributed by atoms with Crippen molar-refractivity contribution >= 4 is 37.5 Å². The number of ether oxygens (including phenoxy) is 1. The van der Waals surface area contributed by atoms with Crippen LogP contribution in [0.5, 0.6) is 0 Å². The average Bonchev–Trinajstić information content (AvgIpc) is 2.92. The quantitative estimate of drug-likeness (QED) is 0.682. The highest BCUT2D eigenvalue weighted by atomic mass is 79.9. The molecule has 0 heterocycles. The van der Waals surface area contributed by atoms with Crippen LogP contribution in [-0.2, 0) is 4.74 Å². The number of nitrogens with one attached hydrogen (secondary N) is 1. The van der Waals surface area contributed by atoms with Crippen molar-refractivity contribution in [1.82, 2.24) is 0 Å². The molecule has 0 bridgehead atoms. The zero-order valence-electron chi connectivity index (χ0n) is 12.7. The molecule has 2 saturated carbocycles. The first kappa shape index (κ1) is 15.8. The third kappa shape index (κ3) is 2.79. The summed E-state index contributed by atoms with van der Waals surface area (Å²) in [4.78, 5) is 0. The standard InChI is InChI=1S/C17H23Br2NO/c1-3-21-15-10-14(17(15)6-4-5-7-17)20-16-12(18)8-11(2)9-13(16)19/h8-9,14-15,20H,3-7,10H2,1-2H3. The molecule has 1 aromatic carbocycles. The predicted octanol–water partition coefficient (Wildman–Crippen LogP) is 5.67. The molecule has 2 nitrogen and oxygen atoms in total. The van der Waals surface area contributed by atoms with Gasteiger partial charge in [0.25, 0.3) is 0 Å². The van der Waals surface area contributed by atoms with Gasteiger partial charge in [-0.25, -0.2) is 0 Å². The molecular formula is C17H23Br2NO. The SMILES string of the molecule is CCOC1CC(Nc2c(Br)cc(C)cc2Br)C12CCCC2. The van der Waals surface area contributed by atoms with Gasteiger partial charge in [0.05, 0.1) is 11.8 Å². The molecule has 0 aliphatic heterocycles. The van der Waals surface area contributed by atoms with Crippen molar-refractivity contribution < 1.29 is 4.74 Å². The summed E-state index contributed by atoms with van der Waals surface area (Å²) in [5.41, 5.74) is 2.81. The van der Waals surface area contributed by atoms with E-state index in [0.717, 1.165) is 22.0 Å². The topological polar surface area (TPSA) is 21.3 Å². The third-order valence-electron chi connectivity index (χ3n) is 5.19. The first-order valence-electron chi connectivity index (χ1n) is 7.90. The van der Waals surface area contributed by atoms with Crippen LogP contribution >= 0.6 is 31.9 Å². The Bertz CT molecular complexity index is 503. The molecule has 0 aromatic heterocycles. The maximum absolute atomic E-state index is 6.00. The van der Waals surface area contributed by atoms with E-state index >= 15 is 0 Å². The molecule has 2 unspecified atom stereocenters. The second-order valence-electron chi connectivity index (χ2n) is 6.42. The molecule has 3 rings (SSSR count). The lowest BCUT2D eigenvalue weighted by Gasteiger charge is -2.54. The Hall–Kier alpha value is -0.0600. The van der Waals surface area contributed by atoms with E-state index in [1.165, 1.54) is 36.9 Å². The van der Waals surface area contributed by atoms with Crippen LogP contribution in [0.1, 0.15) is 44.6 Å². The maximum atomic E-state index is 6.00. The number of hydrogen-bond acceptors (Lipinski definition) is 2. The smallest absolute Gasteiger partial charge is 0.0670 e. The van der Waals surface area contributed by atoms with Crippen molar-refractivity contribution in [3.8, 4) is 0 Å². The van der Waals surface area contributed by atoms with Gasteiger partial charge in [0.1, 0.15) is 0 Å². The summed E-state index contributed by atoms with van der Waals surface area (Å²) in [6.07, 6.45) is 6.87. The molecule has 1 N–H and O–H groups in total. The fourth-order valence-electron chi connectivity index (χ4n) is 4.10. The van der Waals surface area contributed by atoms with Gasteiger partial charge in [-0.3, -0.25) is 0 Å². The van der Waals surface area contributed by atoms with Gasteiger partial charge in [0.2, 0.25) is 0 Å². The highest BCUT2D eigenvalue weighted by Crippen LogP contribution is 2.56. The molecule has 2 fully saturated rings. The van der Waals surface area contributed by atoms with Crippen molar-refractivity contribution in [3.63, 3.8) is 0 Å². The Morgan fingerprint density at radius 2 is 1.86 bits per heavy atom.